The van der Waals surface area contributed by atoms with Gasteiger partial charge in [-0.3, -0.25) is 4.79 Å². The molecule has 7 heteroatoms. The molecule has 0 radical (unpaired) electrons. The number of carbonyl (C=O) groups excluding carboxylic acids is 4. The number of rotatable bonds is 0. The van der Waals surface area contributed by atoms with Crippen LogP contribution in [0, 0.1) is 0 Å². The molecule has 7 nitrogen and oxygen atoms in total. The molecule has 118 valence electrons. The molecule has 0 spiro atoms. The molecule has 0 atom stereocenters. The van der Waals surface area contributed by atoms with Gasteiger partial charge in [-0.2, -0.15) is 0 Å². The van der Waals surface area contributed by atoms with Crippen molar-refractivity contribution in [2.75, 3.05) is 0 Å². The Balaban J connectivity index is -0.0000000186. The Morgan fingerprint density at radius 3 is 0.789 bits per heavy atom. The molecule has 0 aromatic carbocycles. The first-order valence-electron chi connectivity index (χ1n) is 4.53. The van der Waals surface area contributed by atoms with Crippen LogP contribution in [0.2, 0.25) is 0 Å². The van der Waals surface area contributed by atoms with Gasteiger partial charge in [-0.05, 0) is 41.5 Å². The van der Waals surface area contributed by atoms with Crippen LogP contribution in [0.3, 0.4) is 0 Å². The zero-order valence-corrected chi connectivity index (χ0v) is 11.7. The maximum Gasteiger partial charge on any atom is 0.290 e. The minimum absolute atomic E-state index is 0. The van der Waals surface area contributed by atoms with Gasteiger partial charge in [0.05, 0.1) is 0 Å². The highest BCUT2D eigenvalue weighted by molar-refractivity contribution is 5.72. The smallest absolute Gasteiger partial charge is 0.290 e. The van der Waals surface area contributed by atoms with Gasteiger partial charge in [0.25, 0.3) is 6.47 Å². The highest BCUT2D eigenvalue weighted by Crippen LogP contribution is 1.50. The van der Waals surface area contributed by atoms with Crippen molar-refractivity contribution in [3.8, 4) is 0 Å². The second-order valence-electron chi connectivity index (χ2n) is 2.39. The maximum absolute atomic E-state index is 9.44. The fourth-order valence-corrected chi connectivity index (χ4v) is 0. The standard InChI is InChI=1S/2C3H6O.2C2H4O.CH2O2.CH4.H2O/c2*1-3(2)4;2*1-2-3;2-1-3;;/h2*1-2H3;2*2H,1H3;1H,(H,2,3);1H4;1H2. The number of ketones is 2. The van der Waals surface area contributed by atoms with Crippen molar-refractivity contribution in [1.29, 1.82) is 0 Å². The summed E-state index contributed by atoms with van der Waals surface area (Å²) in [5.41, 5.74) is 0. The number of carbonyl (C=O) groups is 5. The molecule has 0 saturated carbocycles. The summed E-state index contributed by atoms with van der Waals surface area (Å²) in [7, 11) is 0. The van der Waals surface area contributed by atoms with Crippen LogP contribution in [-0.2, 0) is 24.0 Å². The lowest BCUT2D eigenvalue weighted by molar-refractivity contribution is -0.123. The van der Waals surface area contributed by atoms with Crippen molar-refractivity contribution in [2.45, 2.75) is 49.0 Å². The van der Waals surface area contributed by atoms with Gasteiger partial charge in [0.15, 0.2) is 0 Å². The van der Waals surface area contributed by atoms with E-state index in [4.69, 9.17) is 19.5 Å². The summed E-state index contributed by atoms with van der Waals surface area (Å²) in [5.74, 6) is 0.333. The molecule has 0 bridgehead atoms. The molecule has 19 heavy (non-hydrogen) atoms. The predicted molar refractivity (Wildman–Crippen MR) is 75.2 cm³/mol. The number of Topliss-reactive ketones (excluding diaryl/α,β-unsaturated/α-hetero) is 2. The van der Waals surface area contributed by atoms with Crippen LogP contribution < -0.4 is 0 Å². The van der Waals surface area contributed by atoms with E-state index >= 15 is 0 Å². The van der Waals surface area contributed by atoms with Gasteiger partial charge in [0.1, 0.15) is 24.1 Å². The van der Waals surface area contributed by atoms with E-state index in [1.54, 1.807) is 0 Å². The minimum atomic E-state index is -0.250. The topological polar surface area (TPSA) is 137 Å². The van der Waals surface area contributed by atoms with E-state index in [-0.39, 0.29) is 30.9 Å². The molecular weight excluding hydrogens is 256 g/mol. The zero-order valence-electron chi connectivity index (χ0n) is 11.7. The second kappa shape index (κ2) is 72.8. The lowest BCUT2D eigenvalue weighted by Crippen LogP contribution is -1.69. The van der Waals surface area contributed by atoms with Crippen molar-refractivity contribution in [3.63, 3.8) is 0 Å². The van der Waals surface area contributed by atoms with Gasteiger partial charge in [0.2, 0.25) is 0 Å². The molecule has 0 heterocycles. The molecule has 0 rings (SSSR count). The van der Waals surface area contributed by atoms with Gasteiger partial charge in [-0.1, -0.05) is 7.43 Å². The van der Waals surface area contributed by atoms with E-state index in [1.807, 2.05) is 0 Å². The molecule has 0 unspecified atom stereocenters. The normalized spacial score (nSPS) is 4.74. The summed E-state index contributed by atoms with van der Waals surface area (Å²) in [5, 5.41) is 6.89. The van der Waals surface area contributed by atoms with Crippen molar-refractivity contribution in [3.05, 3.63) is 0 Å². The van der Waals surface area contributed by atoms with Gasteiger partial charge >= 0.3 is 0 Å². The Bertz CT molecular complexity index is 154. The largest absolute Gasteiger partial charge is 0.483 e. The Labute approximate surface area is 115 Å². The van der Waals surface area contributed by atoms with Crippen LogP contribution in [0.5, 0.6) is 0 Å². The SMILES string of the molecule is C.CC(C)=O.CC(C)=O.CC=O.CC=O.O.O=CO. The summed E-state index contributed by atoms with van der Waals surface area (Å²) in [6, 6.07) is 0. The molecule has 0 amide bonds. The van der Waals surface area contributed by atoms with E-state index in [9.17, 15) is 9.59 Å². The first-order chi connectivity index (χ1) is 7.71. The summed E-state index contributed by atoms with van der Waals surface area (Å²) < 4.78 is 0. The Morgan fingerprint density at radius 1 is 0.789 bits per heavy atom. The van der Waals surface area contributed by atoms with E-state index < -0.39 is 0 Å². The Morgan fingerprint density at radius 2 is 0.789 bits per heavy atom. The number of carboxylic acid groups (broad SMARTS) is 1. The van der Waals surface area contributed by atoms with Crippen molar-refractivity contribution < 1.29 is 34.6 Å². The fraction of sp³-hybridized carbons (Fsp3) is 0.583. The monoisotopic (exact) mass is 284 g/mol. The third kappa shape index (κ3) is 898. The molecule has 0 aliphatic rings. The van der Waals surface area contributed by atoms with Crippen molar-refractivity contribution in [2.24, 2.45) is 0 Å². The lowest BCUT2D eigenvalue weighted by Gasteiger charge is -1.56. The van der Waals surface area contributed by atoms with Crippen molar-refractivity contribution >= 4 is 30.6 Å². The molecule has 0 aromatic heterocycles. The van der Waals surface area contributed by atoms with E-state index in [1.165, 1.54) is 41.5 Å². The number of aldehydes is 2. The first-order valence-corrected chi connectivity index (χ1v) is 4.53. The fourth-order valence-electron chi connectivity index (χ4n) is 0. The summed E-state index contributed by atoms with van der Waals surface area (Å²) in [6.45, 7) is 8.75. The third-order valence-electron chi connectivity index (χ3n) is 0. The third-order valence-corrected chi connectivity index (χ3v) is 0. The average molecular weight is 284 g/mol. The predicted octanol–water partition coefficient (Wildman–Crippen LogP) is 1.11. The van der Waals surface area contributed by atoms with Gasteiger partial charge in [-0.25, -0.2) is 0 Å². The van der Waals surface area contributed by atoms with Gasteiger partial charge < -0.3 is 29.8 Å². The molecular formula is C12H28O7. The van der Waals surface area contributed by atoms with Crippen LogP contribution in [-0.4, -0.2) is 41.2 Å². The molecule has 3 N–H and O–H groups in total. The summed E-state index contributed by atoms with van der Waals surface area (Å²) >= 11 is 0. The quantitative estimate of drug-likeness (QED) is 0.661. The zero-order chi connectivity index (χ0) is 15.3. The molecule has 0 aromatic rings. The summed E-state index contributed by atoms with van der Waals surface area (Å²) in [4.78, 5) is 44.9. The molecule has 0 saturated heterocycles. The minimum Gasteiger partial charge on any atom is -0.483 e. The highest BCUT2D eigenvalue weighted by Gasteiger charge is 1.62. The van der Waals surface area contributed by atoms with Crippen LogP contribution in [0.1, 0.15) is 49.0 Å². The van der Waals surface area contributed by atoms with E-state index in [2.05, 4.69) is 0 Å². The van der Waals surface area contributed by atoms with E-state index in [0.717, 1.165) is 12.6 Å². The van der Waals surface area contributed by atoms with Crippen LogP contribution in [0.4, 0.5) is 0 Å². The molecule has 0 fully saturated rings. The van der Waals surface area contributed by atoms with Crippen LogP contribution in [0.25, 0.3) is 0 Å². The Kier molecular flexibility index (Phi) is 166. The van der Waals surface area contributed by atoms with Gasteiger partial charge in [0, 0.05) is 0 Å². The highest BCUT2D eigenvalue weighted by atomic mass is 16.3. The number of hydrogen-bond acceptors (Lipinski definition) is 5. The number of hydrogen-bond donors (Lipinski definition) is 1. The maximum atomic E-state index is 9.44. The molecule has 0 aliphatic carbocycles. The average Bonchev–Trinajstić information content (AvgIpc) is 2.03. The first kappa shape index (κ1) is 43.4. The van der Waals surface area contributed by atoms with Crippen LogP contribution >= 0.6 is 0 Å². The van der Waals surface area contributed by atoms with E-state index in [0.29, 0.717) is 0 Å². The van der Waals surface area contributed by atoms with Crippen LogP contribution in [0.15, 0.2) is 0 Å². The molecule has 0 aliphatic heterocycles. The second-order valence-corrected chi connectivity index (χ2v) is 2.39. The lowest BCUT2D eigenvalue weighted by atomic mass is 10.6. The van der Waals surface area contributed by atoms with Crippen molar-refractivity contribution in [1.82, 2.24) is 0 Å². The Hall–Kier alpha value is -1.89. The summed E-state index contributed by atoms with van der Waals surface area (Å²) in [6.07, 6.45) is 1.50. The van der Waals surface area contributed by atoms with Gasteiger partial charge in [-0.15, -0.1) is 0 Å².